The van der Waals surface area contributed by atoms with E-state index in [-0.39, 0.29) is 0 Å². The standard InChI is InChI=1S/C28H18ClN3/c29-27-18-24(19-9-3-1-4-10-19)30-28(31-27)20-15-16-26-23(17-20)22-13-7-8-14-25(22)32(26)21-11-5-2-6-12-21/h1-18H. The quantitative estimate of drug-likeness (QED) is 0.270. The number of rotatable bonds is 3. The Balaban J connectivity index is 1.58. The summed E-state index contributed by atoms with van der Waals surface area (Å²) >= 11 is 6.39. The van der Waals surface area contributed by atoms with E-state index >= 15 is 0 Å². The Kier molecular flexibility index (Phi) is 4.48. The molecule has 0 unspecified atom stereocenters. The number of hydrogen-bond acceptors (Lipinski definition) is 2. The fourth-order valence-electron chi connectivity index (χ4n) is 4.27. The van der Waals surface area contributed by atoms with Gasteiger partial charge in [-0.1, -0.05) is 78.3 Å². The van der Waals surface area contributed by atoms with Gasteiger partial charge in [0.15, 0.2) is 5.82 Å². The lowest BCUT2D eigenvalue weighted by molar-refractivity contribution is 1.17. The second-order valence-electron chi connectivity index (χ2n) is 7.69. The summed E-state index contributed by atoms with van der Waals surface area (Å²) in [6.07, 6.45) is 0. The van der Waals surface area contributed by atoms with Gasteiger partial charge in [-0.25, -0.2) is 9.97 Å². The first-order chi connectivity index (χ1) is 15.8. The molecule has 3 nitrogen and oxygen atoms in total. The molecule has 4 aromatic carbocycles. The molecule has 4 heteroatoms. The minimum Gasteiger partial charge on any atom is -0.309 e. The normalized spacial score (nSPS) is 11.3. The highest BCUT2D eigenvalue weighted by Crippen LogP contribution is 2.34. The van der Waals surface area contributed by atoms with Gasteiger partial charge in [-0.2, -0.15) is 0 Å². The van der Waals surface area contributed by atoms with E-state index in [4.69, 9.17) is 16.6 Å². The van der Waals surface area contributed by atoms with E-state index in [0.29, 0.717) is 11.0 Å². The molecule has 0 aliphatic rings. The molecule has 6 rings (SSSR count). The molecular formula is C28H18ClN3. The highest BCUT2D eigenvalue weighted by atomic mass is 35.5. The SMILES string of the molecule is Clc1cc(-c2ccccc2)nc(-c2ccc3c(c2)c2ccccc2n3-c2ccccc2)n1. The lowest BCUT2D eigenvalue weighted by Crippen LogP contribution is -1.94. The predicted molar refractivity (Wildman–Crippen MR) is 132 cm³/mol. The van der Waals surface area contributed by atoms with E-state index < -0.39 is 0 Å². The van der Waals surface area contributed by atoms with Crippen molar-refractivity contribution < 1.29 is 0 Å². The van der Waals surface area contributed by atoms with Crippen LogP contribution in [-0.4, -0.2) is 14.5 Å². The Morgan fingerprint density at radius 2 is 1.25 bits per heavy atom. The molecule has 0 aliphatic carbocycles. The average molecular weight is 432 g/mol. The summed E-state index contributed by atoms with van der Waals surface area (Å²) in [6, 6.07) is 37.1. The molecule has 0 amide bonds. The van der Waals surface area contributed by atoms with Crippen molar-refractivity contribution in [2.45, 2.75) is 0 Å². The Hall–Kier alpha value is -3.95. The molecule has 0 saturated heterocycles. The maximum atomic E-state index is 6.39. The predicted octanol–water partition coefficient (Wildman–Crippen LogP) is 7.56. The van der Waals surface area contributed by atoms with Crippen LogP contribution < -0.4 is 0 Å². The molecule has 0 saturated carbocycles. The molecule has 6 aromatic rings. The van der Waals surface area contributed by atoms with Crippen LogP contribution in [0.15, 0.2) is 109 Å². The van der Waals surface area contributed by atoms with Crippen molar-refractivity contribution in [1.82, 2.24) is 14.5 Å². The zero-order valence-corrected chi connectivity index (χ0v) is 17.9. The molecule has 0 atom stereocenters. The van der Waals surface area contributed by atoms with Gasteiger partial charge in [-0.15, -0.1) is 0 Å². The summed E-state index contributed by atoms with van der Waals surface area (Å²) in [7, 11) is 0. The maximum Gasteiger partial charge on any atom is 0.161 e. The largest absolute Gasteiger partial charge is 0.309 e. The highest BCUT2D eigenvalue weighted by Gasteiger charge is 2.14. The third kappa shape index (κ3) is 3.15. The van der Waals surface area contributed by atoms with Crippen LogP contribution in [-0.2, 0) is 0 Å². The summed E-state index contributed by atoms with van der Waals surface area (Å²) in [6.45, 7) is 0. The van der Waals surface area contributed by atoms with E-state index in [1.54, 1.807) is 6.07 Å². The molecule has 0 radical (unpaired) electrons. The number of fused-ring (bicyclic) bond motifs is 3. The van der Waals surface area contributed by atoms with Crippen LogP contribution in [0.1, 0.15) is 0 Å². The van der Waals surface area contributed by atoms with Crippen LogP contribution in [0.2, 0.25) is 5.15 Å². The van der Waals surface area contributed by atoms with E-state index in [1.807, 2.05) is 36.4 Å². The van der Waals surface area contributed by atoms with Gasteiger partial charge < -0.3 is 4.57 Å². The topological polar surface area (TPSA) is 30.7 Å². The van der Waals surface area contributed by atoms with Crippen molar-refractivity contribution in [3.63, 3.8) is 0 Å². The summed E-state index contributed by atoms with van der Waals surface area (Å²) in [4.78, 5) is 9.35. The van der Waals surface area contributed by atoms with E-state index in [0.717, 1.165) is 33.4 Å². The van der Waals surface area contributed by atoms with Crippen LogP contribution in [0.4, 0.5) is 0 Å². The van der Waals surface area contributed by atoms with Gasteiger partial charge in [-0.05, 0) is 36.4 Å². The highest BCUT2D eigenvalue weighted by molar-refractivity contribution is 6.29. The molecule has 0 bridgehead atoms. The second-order valence-corrected chi connectivity index (χ2v) is 8.07. The van der Waals surface area contributed by atoms with Crippen molar-refractivity contribution in [2.24, 2.45) is 0 Å². The van der Waals surface area contributed by atoms with E-state index in [2.05, 4.69) is 76.3 Å². The summed E-state index contributed by atoms with van der Waals surface area (Å²) < 4.78 is 2.29. The first kappa shape index (κ1) is 18.8. The maximum absolute atomic E-state index is 6.39. The van der Waals surface area contributed by atoms with Gasteiger partial charge in [-0.3, -0.25) is 0 Å². The first-order valence-electron chi connectivity index (χ1n) is 10.5. The van der Waals surface area contributed by atoms with Crippen molar-refractivity contribution >= 4 is 33.4 Å². The molecule has 0 spiro atoms. The second kappa shape index (κ2) is 7.63. The van der Waals surface area contributed by atoms with Gasteiger partial charge in [0.2, 0.25) is 0 Å². The minimum absolute atomic E-state index is 0.431. The van der Waals surface area contributed by atoms with Gasteiger partial charge in [0, 0.05) is 33.7 Å². The Morgan fingerprint density at radius 1 is 0.562 bits per heavy atom. The van der Waals surface area contributed by atoms with Crippen LogP contribution in [0.5, 0.6) is 0 Å². The van der Waals surface area contributed by atoms with Crippen LogP contribution in [0, 0.1) is 0 Å². The molecule has 2 aromatic heterocycles. The van der Waals surface area contributed by atoms with Crippen molar-refractivity contribution in [3.8, 4) is 28.3 Å². The van der Waals surface area contributed by atoms with Crippen molar-refractivity contribution in [1.29, 1.82) is 0 Å². The van der Waals surface area contributed by atoms with E-state index in [1.165, 1.54) is 10.9 Å². The molecule has 0 aliphatic heterocycles. The van der Waals surface area contributed by atoms with Crippen LogP contribution >= 0.6 is 11.6 Å². The average Bonchev–Trinajstić information content (AvgIpc) is 3.18. The van der Waals surface area contributed by atoms with Crippen LogP contribution in [0.3, 0.4) is 0 Å². The Labute approximate surface area is 190 Å². The van der Waals surface area contributed by atoms with E-state index in [9.17, 15) is 0 Å². The number of para-hydroxylation sites is 2. The number of aromatic nitrogens is 3. The number of nitrogens with zero attached hydrogens (tertiary/aromatic N) is 3. The first-order valence-corrected chi connectivity index (χ1v) is 10.8. The molecule has 152 valence electrons. The summed E-state index contributed by atoms with van der Waals surface area (Å²) in [5.41, 5.74) is 6.21. The molecule has 2 heterocycles. The van der Waals surface area contributed by atoms with Crippen molar-refractivity contribution in [2.75, 3.05) is 0 Å². The molecule has 32 heavy (non-hydrogen) atoms. The van der Waals surface area contributed by atoms with Gasteiger partial charge in [0.1, 0.15) is 5.15 Å². The molecular weight excluding hydrogens is 414 g/mol. The minimum atomic E-state index is 0.431. The monoisotopic (exact) mass is 431 g/mol. The fraction of sp³-hybridized carbons (Fsp3) is 0. The number of hydrogen-bond donors (Lipinski definition) is 0. The van der Waals surface area contributed by atoms with Gasteiger partial charge in [0.25, 0.3) is 0 Å². The lowest BCUT2D eigenvalue weighted by Gasteiger charge is -2.08. The fourth-order valence-corrected chi connectivity index (χ4v) is 4.45. The molecule has 0 N–H and O–H groups in total. The molecule has 0 fully saturated rings. The number of halogens is 1. The zero-order valence-electron chi connectivity index (χ0n) is 17.1. The van der Waals surface area contributed by atoms with Gasteiger partial charge >= 0.3 is 0 Å². The Bertz CT molecular complexity index is 1570. The number of benzene rings is 4. The van der Waals surface area contributed by atoms with Crippen LogP contribution in [0.25, 0.3) is 50.1 Å². The summed E-state index contributed by atoms with van der Waals surface area (Å²) in [5, 5.41) is 2.78. The third-order valence-corrected chi connectivity index (χ3v) is 5.90. The smallest absolute Gasteiger partial charge is 0.161 e. The Morgan fingerprint density at radius 3 is 2.06 bits per heavy atom. The van der Waals surface area contributed by atoms with Gasteiger partial charge in [0.05, 0.1) is 16.7 Å². The lowest BCUT2D eigenvalue weighted by atomic mass is 10.1. The van der Waals surface area contributed by atoms with Crippen molar-refractivity contribution in [3.05, 3.63) is 114 Å². The summed E-state index contributed by atoms with van der Waals surface area (Å²) in [5.74, 6) is 0.620. The zero-order chi connectivity index (χ0) is 21.5. The third-order valence-electron chi connectivity index (χ3n) is 5.71.